The topological polar surface area (TPSA) is 32.3 Å². The Kier molecular flexibility index (Phi) is 3.76. The van der Waals surface area contributed by atoms with Gasteiger partial charge in [0.15, 0.2) is 0 Å². The number of hydrogen-bond donors (Lipinski definition) is 1. The van der Waals surface area contributed by atoms with Crippen molar-refractivity contribution in [2.75, 3.05) is 13.6 Å². The average Bonchev–Trinajstić information content (AvgIpc) is 2.76. The van der Waals surface area contributed by atoms with E-state index in [1.54, 1.807) is 0 Å². The van der Waals surface area contributed by atoms with Crippen molar-refractivity contribution in [1.29, 1.82) is 0 Å². The smallest absolute Gasteiger partial charge is 0.239 e. The zero-order valence-corrected chi connectivity index (χ0v) is 11.5. The molecule has 1 aliphatic heterocycles. The summed E-state index contributed by atoms with van der Waals surface area (Å²) in [5.74, 6) is 0.338. The van der Waals surface area contributed by atoms with Crippen molar-refractivity contribution in [2.24, 2.45) is 5.41 Å². The van der Waals surface area contributed by atoms with Crippen LogP contribution in [0.3, 0.4) is 0 Å². The van der Waals surface area contributed by atoms with E-state index in [2.05, 4.69) is 24.1 Å². The fourth-order valence-corrected chi connectivity index (χ4v) is 3.27. The van der Waals surface area contributed by atoms with Gasteiger partial charge in [0.25, 0.3) is 0 Å². The average molecular weight is 238 g/mol. The van der Waals surface area contributed by atoms with E-state index in [0.29, 0.717) is 11.9 Å². The summed E-state index contributed by atoms with van der Waals surface area (Å²) in [7, 11) is 1.91. The largest absolute Gasteiger partial charge is 0.338 e. The molecule has 1 saturated heterocycles. The zero-order chi connectivity index (χ0) is 12.5. The van der Waals surface area contributed by atoms with Crippen LogP contribution in [-0.4, -0.2) is 36.5 Å². The van der Waals surface area contributed by atoms with E-state index in [1.165, 1.54) is 25.7 Å². The molecular formula is C14H26N2O. The molecule has 17 heavy (non-hydrogen) atoms. The van der Waals surface area contributed by atoms with Crippen LogP contribution in [0.15, 0.2) is 0 Å². The monoisotopic (exact) mass is 238 g/mol. The maximum Gasteiger partial charge on any atom is 0.239 e. The molecule has 0 aromatic carbocycles. The van der Waals surface area contributed by atoms with Crippen molar-refractivity contribution >= 4 is 5.91 Å². The standard InChI is InChI=1S/C14H26N2O/c1-14(2)9-8-12(15-3)13(17)16(10-14)11-6-4-5-7-11/h11-12,15H,4-10H2,1-3H3. The van der Waals surface area contributed by atoms with Crippen LogP contribution in [0, 0.1) is 5.41 Å². The molecule has 0 bridgehead atoms. The predicted molar refractivity (Wildman–Crippen MR) is 69.8 cm³/mol. The zero-order valence-electron chi connectivity index (χ0n) is 11.5. The van der Waals surface area contributed by atoms with E-state index < -0.39 is 0 Å². The molecule has 1 unspecified atom stereocenters. The van der Waals surface area contributed by atoms with E-state index in [4.69, 9.17) is 0 Å². The summed E-state index contributed by atoms with van der Waals surface area (Å²) in [5, 5.41) is 3.19. The number of likely N-dealkylation sites (tertiary alicyclic amines) is 1. The fraction of sp³-hybridized carbons (Fsp3) is 0.929. The van der Waals surface area contributed by atoms with Gasteiger partial charge in [-0.3, -0.25) is 4.79 Å². The molecule has 0 spiro atoms. The van der Waals surface area contributed by atoms with Crippen LogP contribution >= 0.6 is 0 Å². The Morgan fingerprint density at radius 2 is 1.88 bits per heavy atom. The molecule has 1 N–H and O–H groups in total. The van der Waals surface area contributed by atoms with Crippen molar-refractivity contribution in [2.45, 2.75) is 64.5 Å². The number of nitrogens with zero attached hydrogens (tertiary/aromatic N) is 1. The molecule has 0 aromatic rings. The molecule has 3 nitrogen and oxygen atoms in total. The number of carbonyl (C=O) groups is 1. The third kappa shape index (κ3) is 2.82. The van der Waals surface area contributed by atoms with Gasteiger partial charge in [-0.15, -0.1) is 0 Å². The Bertz CT molecular complexity index is 282. The Balaban J connectivity index is 2.16. The lowest BCUT2D eigenvalue weighted by molar-refractivity contribution is -0.135. The SMILES string of the molecule is CNC1CCC(C)(C)CN(C2CCCC2)C1=O. The van der Waals surface area contributed by atoms with E-state index in [0.717, 1.165) is 19.4 Å². The molecule has 1 amide bonds. The number of amides is 1. The molecular weight excluding hydrogens is 212 g/mol. The van der Waals surface area contributed by atoms with Crippen molar-refractivity contribution in [3.63, 3.8) is 0 Å². The van der Waals surface area contributed by atoms with Crippen molar-refractivity contribution < 1.29 is 4.79 Å². The highest BCUT2D eigenvalue weighted by molar-refractivity contribution is 5.82. The van der Waals surface area contributed by atoms with Crippen LogP contribution in [0.2, 0.25) is 0 Å². The molecule has 1 aliphatic carbocycles. The van der Waals surface area contributed by atoms with Gasteiger partial charge in [-0.2, -0.15) is 0 Å². The Hall–Kier alpha value is -0.570. The highest BCUT2D eigenvalue weighted by Gasteiger charge is 2.37. The Morgan fingerprint density at radius 1 is 1.24 bits per heavy atom. The lowest BCUT2D eigenvalue weighted by atomic mass is 9.87. The maximum absolute atomic E-state index is 12.5. The van der Waals surface area contributed by atoms with Crippen LogP contribution in [0.4, 0.5) is 0 Å². The number of rotatable bonds is 2. The van der Waals surface area contributed by atoms with Gasteiger partial charge >= 0.3 is 0 Å². The number of carbonyl (C=O) groups excluding carboxylic acids is 1. The molecule has 3 heteroatoms. The van der Waals surface area contributed by atoms with Gasteiger partial charge in [0, 0.05) is 12.6 Å². The van der Waals surface area contributed by atoms with Gasteiger partial charge in [0.05, 0.1) is 6.04 Å². The third-order valence-electron chi connectivity index (χ3n) is 4.40. The summed E-state index contributed by atoms with van der Waals surface area (Å²) in [4.78, 5) is 14.7. The van der Waals surface area contributed by atoms with Gasteiger partial charge in [-0.05, 0) is 38.1 Å². The minimum absolute atomic E-state index is 0.0392. The minimum atomic E-state index is 0.0392. The summed E-state index contributed by atoms with van der Waals surface area (Å²) in [5.41, 5.74) is 0.268. The first-order valence-electron chi connectivity index (χ1n) is 7.01. The second-order valence-electron chi connectivity index (χ2n) is 6.45. The molecule has 2 fully saturated rings. The van der Waals surface area contributed by atoms with Gasteiger partial charge in [-0.25, -0.2) is 0 Å². The maximum atomic E-state index is 12.5. The molecule has 1 heterocycles. The highest BCUT2D eigenvalue weighted by Crippen LogP contribution is 2.33. The molecule has 98 valence electrons. The van der Waals surface area contributed by atoms with Crippen LogP contribution < -0.4 is 5.32 Å². The van der Waals surface area contributed by atoms with Gasteiger partial charge in [0.2, 0.25) is 5.91 Å². The van der Waals surface area contributed by atoms with Crippen LogP contribution in [0.1, 0.15) is 52.4 Å². The second kappa shape index (κ2) is 4.97. The van der Waals surface area contributed by atoms with E-state index in [1.807, 2.05) is 7.05 Å². The first-order valence-corrected chi connectivity index (χ1v) is 7.01. The van der Waals surface area contributed by atoms with Crippen molar-refractivity contribution in [3.05, 3.63) is 0 Å². The molecule has 0 aromatic heterocycles. The van der Waals surface area contributed by atoms with Gasteiger partial charge in [0.1, 0.15) is 0 Å². The van der Waals surface area contributed by atoms with Gasteiger partial charge in [-0.1, -0.05) is 26.7 Å². The number of nitrogens with one attached hydrogen (secondary N) is 1. The highest BCUT2D eigenvalue weighted by atomic mass is 16.2. The quantitative estimate of drug-likeness (QED) is 0.799. The summed E-state index contributed by atoms with van der Waals surface area (Å²) in [6.07, 6.45) is 7.10. The van der Waals surface area contributed by atoms with Crippen molar-refractivity contribution in [1.82, 2.24) is 10.2 Å². The summed E-state index contributed by atoms with van der Waals surface area (Å²) < 4.78 is 0. The van der Waals surface area contributed by atoms with E-state index in [-0.39, 0.29) is 11.5 Å². The fourth-order valence-electron chi connectivity index (χ4n) is 3.27. The molecule has 0 radical (unpaired) electrons. The molecule has 1 atom stereocenters. The van der Waals surface area contributed by atoms with Crippen LogP contribution in [0.5, 0.6) is 0 Å². The summed E-state index contributed by atoms with van der Waals surface area (Å²) in [6, 6.07) is 0.549. The Labute approximate surface area is 105 Å². The lowest BCUT2D eigenvalue weighted by Gasteiger charge is -2.34. The number of hydrogen-bond acceptors (Lipinski definition) is 2. The first-order chi connectivity index (χ1) is 8.03. The summed E-state index contributed by atoms with van der Waals surface area (Å²) in [6.45, 7) is 5.52. The minimum Gasteiger partial charge on any atom is -0.338 e. The molecule has 2 aliphatic rings. The first kappa shape index (κ1) is 12.9. The lowest BCUT2D eigenvalue weighted by Crippen LogP contribution is -2.49. The molecule has 2 rings (SSSR count). The second-order valence-corrected chi connectivity index (χ2v) is 6.45. The van der Waals surface area contributed by atoms with E-state index >= 15 is 0 Å². The number of likely N-dealkylation sites (N-methyl/N-ethyl adjacent to an activating group) is 1. The van der Waals surface area contributed by atoms with Gasteiger partial charge < -0.3 is 10.2 Å². The summed E-state index contributed by atoms with van der Waals surface area (Å²) >= 11 is 0. The Morgan fingerprint density at radius 3 is 2.47 bits per heavy atom. The predicted octanol–water partition coefficient (Wildman–Crippen LogP) is 2.17. The normalized spacial score (nSPS) is 30.6. The van der Waals surface area contributed by atoms with Crippen LogP contribution in [0.25, 0.3) is 0 Å². The van der Waals surface area contributed by atoms with E-state index in [9.17, 15) is 4.79 Å². The van der Waals surface area contributed by atoms with Crippen molar-refractivity contribution in [3.8, 4) is 0 Å². The van der Waals surface area contributed by atoms with Crippen LogP contribution in [-0.2, 0) is 4.79 Å². The third-order valence-corrected chi connectivity index (χ3v) is 4.40. The molecule has 1 saturated carbocycles.